The van der Waals surface area contributed by atoms with Crippen molar-refractivity contribution in [3.8, 4) is 17.1 Å². The summed E-state index contributed by atoms with van der Waals surface area (Å²) in [6.45, 7) is 2.55. The number of nitrogens with one attached hydrogen (secondary N) is 2. The fourth-order valence-corrected chi connectivity index (χ4v) is 2.75. The first-order chi connectivity index (χ1) is 14.0. The van der Waals surface area contributed by atoms with E-state index in [2.05, 4.69) is 10.6 Å². The molecular weight excluding hydrogens is 392 g/mol. The van der Waals surface area contributed by atoms with Gasteiger partial charge in [-0.25, -0.2) is 0 Å². The monoisotopic (exact) mass is 412 g/mol. The van der Waals surface area contributed by atoms with E-state index in [0.717, 1.165) is 5.56 Å². The molecule has 1 aromatic heterocycles. The van der Waals surface area contributed by atoms with E-state index >= 15 is 0 Å². The minimum absolute atomic E-state index is 0.128. The van der Waals surface area contributed by atoms with Crippen LogP contribution in [0.3, 0.4) is 0 Å². The summed E-state index contributed by atoms with van der Waals surface area (Å²) < 4.78 is 11.1. The molecule has 0 saturated carbocycles. The van der Waals surface area contributed by atoms with E-state index in [1.807, 2.05) is 25.1 Å². The SMILES string of the molecule is CCOc1ccc(C(=O)NCC(=O)NCc2ccc(-c3ccc(Cl)cc3)o2)cc1. The quantitative estimate of drug-likeness (QED) is 0.585. The Bertz CT molecular complexity index is 965. The van der Waals surface area contributed by atoms with Gasteiger partial charge in [0.15, 0.2) is 0 Å². The van der Waals surface area contributed by atoms with E-state index in [1.54, 1.807) is 42.5 Å². The van der Waals surface area contributed by atoms with Gasteiger partial charge >= 0.3 is 0 Å². The molecule has 29 heavy (non-hydrogen) atoms. The standard InChI is InChI=1S/C22H21ClN2O4/c1-2-28-18-9-5-16(6-10-18)22(27)25-14-21(26)24-13-19-11-12-20(29-19)15-3-7-17(23)8-4-15/h3-12H,2,13-14H2,1H3,(H,24,26)(H,25,27). The van der Waals surface area contributed by atoms with Gasteiger partial charge in [0.2, 0.25) is 5.91 Å². The molecule has 7 heteroatoms. The average molecular weight is 413 g/mol. The number of hydrogen-bond acceptors (Lipinski definition) is 4. The summed E-state index contributed by atoms with van der Waals surface area (Å²) in [5.74, 6) is 1.36. The molecule has 0 radical (unpaired) electrons. The summed E-state index contributed by atoms with van der Waals surface area (Å²) in [6.07, 6.45) is 0. The summed E-state index contributed by atoms with van der Waals surface area (Å²) in [7, 11) is 0. The lowest BCUT2D eigenvalue weighted by atomic mass is 10.2. The zero-order valence-corrected chi connectivity index (χ0v) is 16.7. The Morgan fingerprint density at radius 1 is 0.966 bits per heavy atom. The van der Waals surface area contributed by atoms with Gasteiger partial charge in [0, 0.05) is 16.1 Å². The molecule has 3 rings (SSSR count). The first-order valence-corrected chi connectivity index (χ1v) is 9.55. The molecule has 0 saturated heterocycles. The molecule has 6 nitrogen and oxygen atoms in total. The molecule has 0 atom stereocenters. The molecule has 1 heterocycles. The molecule has 0 aliphatic heterocycles. The maximum absolute atomic E-state index is 12.1. The average Bonchev–Trinajstić information content (AvgIpc) is 3.21. The number of ether oxygens (including phenoxy) is 1. The van der Waals surface area contributed by atoms with Crippen molar-refractivity contribution in [1.82, 2.24) is 10.6 Å². The Hall–Kier alpha value is -3.25. The highest BCUT2D eigenvalue weighted by atomic mass is 35.5. The van der Waals surface area contributed by atoms with Crippen LogP contribution in [0.1, 0.15) is 23.0 Å². The van der Waals surface area contributed by atoms with Crippen LogP contribution in [0.15, 0.2) is 65.1 Å². The van der Waals surface area contributed by atoms with Crippen LogP contribution < -0.4 is 15.4 Å². The van der Waals surface area contributed by atoms with Crippen LogP contribution in [-0.4, -0.2) is 25.0 Å². The van der Waals surface area contributed by atoms with Crippen molar-refractivity contribution in [2.75, 3.05) is 13.2 Å². The minimum Gasteiger partial charge on any atom is -0.494 e. The molecule has 2 aromatic carbocycles. The Morgan fingerprint density at radius 3 is 2.38 bits per heavy atom. The van der Waals surface area contributed by atoms with Crippen molar-refractivity contribution in [2.45, 2.75) is 13.5 Å². The Kier molecular flexibility index (Phi) is 6.92. The van der Waals surface area contributed by atoms with E-state index in [4.69, 9.17) is 20.8 Å². The molecule has 0 aliphatic carbocycles. The summed E-state index contributed by atoms with van der Waals surface area (Å²) >= 11 is 5.89. The van der Waals surface area contributed by atoms with Crippen molar-refractivity contribution >= 4 is 23.4 Å². The van der Waals surface area contributed by atoms with Crippen LogP contribution in [0.2, 0.25) is 5.02 Å². The third-order valence-electron chi connectivity index (χ3n) is 4.09. The van der Waals surface area contributed by atoms with Gasteiger partial charge in [-0.05, 0) is 67.6 Å². The molecule has 0 fully saturated rings. The predicted molar refractivity (Wildman–Crippen MR) is 111 cm³/mol. The summed E-state index contributed by atoms with van der Waals surface area (Å²) in [6, 6.07) is 17.7. The number of carbonyl (C=O) groups excluding carboxylic acids is 2. The largest absolute Gasteiger partial charge is 0.494 e. The molecule has 2 N–H and O–H groups in total. The van der Waals surface area contributed by atoms with Crippen LogP contribution in [0, 0.1) is 0 Å². The minimum atomic E-state index is -0.328. The van der Waals surface area contributed by atoms with Gasteiger partial charge in [-0.1, -0.05) is 11.6 Å². The normalized spacial score (nSPS) is 10.4. The van der Waals surface area contributed by atoms with Crippen molar-refractivity contribution in [1.29, 1.82) is 0 Å². The highest BCUT2D eigenvalue weighted by molar-refractivity contribution is 6.30. The molecule has 0 bridgehead atoms. The number of halogens is 1. The lowest BCUT2D eigenvalue weighted by Gasteiger charge is -2.07. The number of carbonyl (C=O) groups is 2. The first-order valence-electron chi connectivity index (χ1n) is 9.17. The highest BCUT2D eigenvalue weighted by Crippen LogP contribution is 2.23. The highest BCUT2D eigenvalue weighted by Gasteiger charge is 2.10. The lowest BCUT2D eigenvalue weighted by molar-refractivity contribution is -0.120. The summed E-state index contributed by atoms with van der Waals surface area (Å²) in [4.78, 5) is 24.1. The topological polar surface area (TPSA) is 80.6 Å². The third kappa shape index (κ3) is 5.86. The van der Waals surface area contributed by atoms with Gasteiger partial charge < -0.3 is 19.8 Å². The fourth-order valence-electron chi connectivity index (χ4n) is 2.62. The van der Waals surface area contributed by atoms with Crippen LogP contribution in [0.5, 0.6) is 5.75 Å². The maximum Gasteiger partial charge on any atom is 0.251 e. The van der Waals surface area contributed by atoms with Gasteiger partial charge in [0.25, 0.3) is 5.91 Å². The van der Waals surface area contributed by atoms with Crippen LogP contribution in [0.4, 0.5) is 0 Å². The van der Waals surface area contributed by atoms with Crippen molar-refractivity contribution in [3.63, 3.8) is 0 Å². The predicted octanol–water partition coefficient (Wildman–Crippen LogP) is 4.04. The molecule has 0 unspecified atom stereocenters. The van der Waals surface area contributed by atoms with Gasteiger partial charge in [0.1, 0.15) is 17.3 Å². The lowest BCUT2D eigenvalue weighted by Crippen LogP contribution is -2.36. The Balaban J connectivity index is 1.45. The number of rotatable bonds is 8. The Morgan fingerprint density at radius 2 is 1.69 bits per heavy atom. The van der Waals surface area contributed by atoms with E-state index in [-0.39, 0.29) is 24.9 Å². The van der Waals surface area contributed by atoms with Crippen LogP contribution >= 0.6 is 11.6 Å². The van der Waals surface area contributed by atoms with Gasteiger partial charge in [0.05, 0.1) is 19.7 Å². The van der Waals surface area contributed by atoms with E-state index in [0.29, 0.717) is 34.5 Å². The van der Waals surface area contributed by atoms with Crippen molar-refractivity contribution < 1.29 is 18.7 Å². The second-order valence-corrected chi connectivity index (χ2v) is 6.63. The number of furan rings is 1. The molecular formula is C22H21ClN2O4. The van der Waals surface area contributed by atoms with E-state index < -0.39 is 0 Å². The van der Waals surface area contributed by atoms with Gasteiger partial charge in [-0.2, -0.15) is 0 Å². The second kappa shape index (κ2) is 9.80. The smallest absolute Gasteiger partial charge is 0.251 e. The third-order valence-corrected chi connectivity index (χ3v) is 4.34. The van der Waals surface area contributed by atoms with Crippen LogP contribution in [0.25, 0.3) is 11.3 Å². The number of amides is 2. The zero-order chi connectivity index (χ0) is 20.6. The number of benzene rings is 2. The van der Waals surface area contributed by atoms with E-state index in [1.165, 1.54) is 0 Å². The molecule has 0 aliphatic rings. The zero-order valence-electron chi connectivity index (χ0n) is 15.9. The molecule has 2 amide bonds. The first kappa shape index (κ1) is 20.5. The Labute approximate surface area is 173 Å². The molecule has 3 aromatic rings. The fraction of sp³-hybridized carbons (Fsp3) is 0.182. The van der Waals surface area contributed by atoms with Crippen molar-refractivity contribution in [3.05, 3.63) is 77.0 Å². The van der Waals surface area contributed by atoms with Crippen LogP contribution in [-0.2, 0) is 11.3 Å². The molecule has 0 spiro atoms. The van der Waals surface area contributed by atoms with Crippen molar-refractivity contribution in [2.24, 2.45) is 0 Å². The van der Waals surface area contributed by atoms with E-state index in [9.17, 15) is 9.59 Å². The maximum atomic E-state index is 12.1. The summed E-state index contributed by atoms with van der Waals surface area (Å²) in [5.41, 5.74) is 1.36. The number of hydrogen-bond donors (Lipinski definition) is 2. The summed E-state index contributed by atoms with van der Waals surface area (Å²) in [5, 5.41) is 5.96. The van der Waals surface area contributed by atoms with Gasteiger partial charge in [-0.3, -0.25) is 9.59 Å². The van der Waals surface area contributed by atoms with Gasteiger partial charge in [-0.15, -0.1) is 0 Å². The second-order valence-electron chi connectivity index (χ2n) is 6.19. The molecule has 150 valence electrons.